The second kappa shape index (κ2) is 5.81. The van der Waals surface area contributed by atoms with Crippen LogP contribution in [-0.4, -0.2) is 8.42 Å². The Kier molecular flexibility index (Phi) is 4.66. The number of nitrogens with one attached hydrogen (secondary N) is 1. The Bertz CT molecular complexity index is 777. The molecule has 1 heterocycles. The lowest BCUT2D eigenvalue weighted by molar-refractivity contribution is 0.601. The first-order valence-corrected chi connectivity index (χ1v) is 8.99. The van der Waals surface area contributed by atoms with Gasteiger partial charge in [0.25, 0.3) is 10.0 Å². The zero-order valence-electron chi connectivity index (χ0n) is 9.88. The van der Waals surface area contributed by atoms with Crippen LogP contribution in [0.15, 0.2) is 27.6 Å². The summed E-state index contributed by atoms with van der Waals surface area (Å²) < 4.78 is 40.8. The van der Waals surface area contributed by atoms with E-state index in [4.69, 9.17) is 23.2 Å². The number of benzene rings is 1. The van der Waals surface area contributed by atoms with Gasteiger partial charge < -0.3 is 0 Å². The SMILES string of the molecule is Cc1cc(Br)c(F)cc1NS(=O)(=O)c1cc(Cl)sc1Cl. The summed E-state index contributed by atoms with van der Waals surface area (Å²) in [5.74, 6) is -0.567. The third kappa shape index (κ3) is 3.28. The van der Waals surface area contributed by atoms with E-state index in [-0.39, 0.29) is 23.7 Å². The summed E-state index contributed by atoms with van der Waals surface area (Å²) in [6, 6.07) is 3.83. The highest BCUT2D eigenvalue weighted by molar-refractivity contribution is 9.10. The molecular formula is C11H7BrCl2FNO2S2. The van der Waals surface area contributed by atoms with E-state index >= 15 is 0 Å². The van der Waals surface area contributed by atoms with Gasteiger partial charge in [-0.05, 0) is 46.6 Å². The van der Waals surface area contributed by atoms with E-state index in [1.807, 2.05) is 0 Å². The van der Waals surface area contributed by atoms with Gasteiger partial charge in [-0.3, -0.25) is 4.72 Å². The van der Waals surface area contributed by atoms with Crippen LogP contribution in [-0.2, 0) is 10.0 Å². The van der Waals surface area contributed by atoms with Crippen molar-refractivity contribution in [3.05, 3.63) is 42.7 Å². The first-order chi connectivity index (χ1) is 9.20. The molecule has 0 saturated heterocycles. The van der Waals surface area contributed by atoms with Crippen molar-refractivity contribution in [2.45, 2.75) is 11.8 Å². The van der Waals surface area contributed by atoms with Gasteiger partial charge in [0.05, 0.1) is 14.5 Å². The molecule has 3 nitrogen and oxygen atoms in total. The van der Waals surface area contributed by atoms with Crippen LogP contribution in [0.1, 0.15) is 5.56 Å². The highest BCUT2D eigenvalue weighted by atomic mass is 79.9. The molecule has 2 aromatic rings. The Hall–Kier alpha value is -0.340. The largest absolute Gasteiger partial charge is 0.279 e. The van der Waals surface area contributed by atoms with Crippen LogP contribution in [0.25, 0.3) is 0 Å². The maximum atomic E-state index is 13.5. The molecule has 0 atom stereocenters. The molecule has 0 spiro atoms. The first kappa shape index (κ1) is 16.0. The third-order valence-electron chi connectivity index (χ3n) is 2.43. The van der Waals surface area contributed by atoms with Crippen LogP contribution >= 0.6 is 50.5 Å². The van der Waals surface area contributed by atoms with Gasteiger partial charge in [-0.15, -0.1) is 11.3 Å². The lowest BCUT2D eigenvalue weighted by Gasteiger charge is -2.10. The lowest BCUT2D eigenvalue weighted by atomic mass is 10.2. The molecule has 1 aromatic heterocycles. The number of halogens is 4. The second-order valence-electron chi connectivity index (χ2n) is 3.88. The highest BCUT2D eigenvalue weighted by Gasteiger charge is 2.22. The van der Waals surface area contributed by atoms with E-state index in [1.54, 1.807) is 6.92 Å². The van der Waals surface area contributed by atoms with Gasteiger partial charge in [-0.25, -0.2) is 12.8 Å². The summed E-state index contributed by atoms with van der Waals surface area (Å²) in [5, 5.41) is 0. The number of sulfonamides is 1. The van der Waals surface area contributed by atoms with Crippen molar-refractivity contribution < 1.29 is 12.8 Å². The minimum atomic E-state index is -3.91. The maximum absolute atomic E-state index is 13.5. The Balaban J connectivity index is 2.43. The van der Waals surface area contributed by atoms with Gasteiger partial charge in [0.1, 0.15) is 15.0 Å². The predicted molar refractivity (Wildman–Crippen MR) is 84.0 cm³/mol. The topological polar surface area (TPSA) is 46.2 Å². The van der Waals surface area contributed by atoms with Crippen LogP contribution in [0.5, 0.6) is 0 Å². The average molecular weight is 419 g/mol. The van der Waals surface area contributed by atoms with Gasteiger partial charge in [-0.1, -0.05) is 23.2 Å². The fourth-order valence-electron chi connectivity index (χ4n) is 1.46. The summed E-state index contributed by atoms with van der Waals surface area (Å²) in [6.45, 7) is 1.66. The standard InChI is InChI=1S/C11H7BrCl2FNO2S2/c1-5-2-6(12)7(15)3-8(5)16-20(17,18)9-4-10(13)19-11(9)14/h2-4,16H,1H3. The van der Waals surface area contributed by atoms with Crippen molar-refractivity contribution in [1.29, 1.82) is 0 Å². The van der Waals surface area contributed by atoms with E-state index in [9.17, 15) is 12.8 Å². The van der Waals surface area contributed by atoms with Crippen LogP contribution in [0.4, 0.5) is 10.1 Å². The Morgan fingerprint density at radius 3 is 2.50 bits per heavy atom. The second-order valence-corrected chi connectivity index (χ2v) is 8.67. The maximum Gasteiger partial charge on any atom is 0.264 e. The molecule has 0 bridgehead atoms. The molecule has 0 amide bonds. The van der Waals surface area contributed by atoms with Gasteiger partial charge in [0, 0.05) is 0 Å². The summed E-state index contributed by atoms with van der Waals surface area (Å²) in [6.07, 6.45) is 0. The predicted octanol–water partition coefficient (Wildman–Crippen LogP) is 5.07. The molecule has 0 aliphatic carbocycles. The van der Waals surface area contributed by atoms with Crippen molar-refractivity contribution >= 4 is 66.2 Å². The van der Waals surface area contributed by atoms with Crippen molar-refractivity contribution in [1.82, 2.24) is 0 Å². The Labute approximate surface area is 137 Å². The molecule has 1 aromatic carbocycles. The molecule has 1 N–H and O–H groups in total. The highest BCUT2D eigenvalue weighted by Crippen LogP contribution is 2.35. The van der Waals surface area contributed by atoms with Crippen molar-refractivity contribution in [2.75, 3.05) is 4.72 Å². The third-order valence-corrected chi connectivity index (χ3v) is 6.15. The number of anilines is 1. The molecule has 108 valence electrons. The zero-order valence-corrected chi connectivity index (χ0v) is 14.6. The van der Waals surface area contributed by atoms with Gasteiger partial charge >= 0.3 is 0 Å². The van der Waals surface area contributed by atoms with E-state index in [2.05, 4.69) is 20.7 Å². The van der Waals surface area contributed by atoms with Crippen molar-refractivity contribution in [2.24, 2.45) is 0 Å². The molecule has 0 aliphatic heterocycles. The van der Waals surface area contributed by atoms with Gasteiger partial charge in [-0.2, -0.15) is 0 Å². The number of rotatable bonds is 3. The molecule has 0 fully saturated rings. The molecule has 0 aliphatic rings. The monoisotopic (exact) mass is 417 g/mol. The summed E-state index contributed by atoms with van der Waals surface area (Å²) in [4.78, 5) is -0.128. The molecule has 0 saturated carbocycles. The minimum absolute atomic E-state index is 0.0535. The quantitative estimate of drug-likeness (QED) is 0.756. The van der Waals surface area contributed by atoms with Crippen LogP contribution in [0.2, 0.25) is 8.67 Å². The number of hydrogen-bond donors (Lipinski definition) is 1. The van der Waals surface area contributed by atoms with Crippen LogP contribution in [0.3, 0.4) is 0 Å². The first-order valence-electron chi connectivity index (χ1n) is 5.14. The van der Waals surface area contributed by atoms with E-state index in [0.29, 0.717) is 5.56 Å². The van der Waals surface area contributed by atoms with Crippen LogP contribution < -0.4 is 4.72 Å². The van der Waals surface area contributed by atoms with E-state index < -0.39 is 15.8 Å². The summed E-state index contributed by atoms with van der Waals surface area (Å²) in [7, 11) is -3.91. The van der Waals surface area contributed by atoms with Gasteiger partial charge in [0.15, 0.2) is 0 Å². The fourth-order valence-corrected chi connectivity index (χ4v) is 5.19. The Morgan fingerprint density at radius 1 is 1.30 bits per heavy atom. The minimum Gasteiger partial charge on any atom is -0.279 e. The zero-order chi connectivity index (χ0) is 15.1. The smallest absolute Gasteiger partial charge is 0.264 e. The summed E-state index contributed by atoms with van der Waals surface area (Å²) >= 11 is 15.5. The lowest BCUT2D eigenvalue weighted by Crippen LogP contribution is -2.13. The van der Waals surface area contributed by atoms with Crippen LogP contribution in [0, 0.1) is 12.7 Å². The van der Waals surface area contributed by atoms with Crippen molar-refractivity contribution in [3.8, 4) is 0 Å². The normalized spacial score (nSPS) is 11.7. The molecular weight excluding hydrogens is 412 g/mol. The molecule has 2 rings (SSSR count). The number of hydrogen-bond acceptors (Lipinski definition) is 3. The van der Waals surface area contributed by atoms with Gasteiger partial charge in [0.2, 0.25) is 0 Å². The average Bonchev–Trinajstić information content (AvgIpc) is 2.66. The molecule has 0 unspecified atom stereocenters. The number of thiophene rings is 1. The Morgan fingerprint density at radius 2 is 1.95 bits per heavy atom. The summed E-state index contributed by atoms with van der Waals surface area (Å²) in [5.41, 5.74) is 0.711. The number of aryl methyl sites for hydroxylation is 1. The molecule has 0 radical (unpaired) electrons. The van der Waals surface area contributed by atoms with Crippen molar-refractivity contribution in [3.63, 3.8) is 0 Å². The fraction of sp³-hybridized carbons (Fsp3) is 0.0909. The molecule has 20 heavy (non-hydrogen) atoms. The van der Waals surface area contributed by atoms with E-state index in [1.165, 1.54) is 12.1 Å². The molecule has 9 heteroatoms. The van der Waals surface area contributed by atoms with E-state index in [0.717, 1.165) is 17.4 Å².